The van der Waals surface area contributed by atoms with Crippen molar-refractivity contribution in [3.8, 4) is 0 Å². The van der Waals surface area contributed by atoms with Gasteiger partial charge in [0.25, 0.3) is 0 Å². The zero-order valence-electron chi connectivity index (χ0n) is 13.3. The van der Waals surface area contributed by atoms with Gasteiger partial charge in [-0.1, -0.05) is 12.1 Å². The van der Waals surface area contributed by atoms with Gasteiger partial charge in [-0.25, -0.2) is 8.42 Å². The van der Waals surface area contributed by atoms with Crippen LogP contribution in [-0.4, -0.2) is 14.7 Å². The molecule has 1 aromatic carbocycles. The van der Waals surface area contributed by atoms with Crippen LogP contribution in [0, 0.1) is 6.92 Å². The fourth-order valence-electron chi connectivity index (χ4n) is 2.46. The predicted octanol–water partition coefficient (Wildman–Crippen LogP) is 3.37. The fraction of sp³-hybridized carbons (Fsp3) is 0.375. The number of sulfonamides is 1. The monoisotopic (exact) mass is 322 g/mol. The van der Waals surface area contributed by atoms with Gasteiger partial charge in [0.1, 0.15) is 5.76 Å². The van der Waals surface area contributed by atoms with Gasteiger partial charge in [0.2, 0.25) is 10.0 Å². The van der Waals surface area contributed by atoms with Crippen molar-refractivity contribution in [3.63, 3.8) is 0 Å². The quantitative estimate of drug-likeness (QED) is 0.855. The highest BCUT2D eigenvalue weighted by molar-refractivity contribution is 7.92. The Hall–Kier alpha value is -1.79. The first-order valence-electron chi connectivity index (χ1n) is 7.14. The van der Waals surface area contributed by atoms with Crippen molar-refractivity contribution < 1.29 is 12.8 Å². The Labute approximate surface area is 131 Å². The molecule has 5 nitrogen and oxygen atoms in total. The predicted molar refractivity (Wildman–Crippen MR) is 88.3 cm³/mol. The molecule has 2 unspecified atom stereocenters. The van der Waals surface area contributed by atoms with Gasteiger partial charge >= 0.3 is 0 Å². The highest BCUT2D eigenvalue weighted by Crippen LogP contribution is 2.24. The third-order valence-corrected chi connectivity index (χ3v) is 4.09. The molecule has 2 aromatic rings. The van der Waals surface area contributed by atoms with E-state index in [-0.39, 0.29) is 12.1 Å². The van der Waals surface area contributed by atoms with Gasteiger partial charge in [-0.3, -0.25) is 4.72 Å². The van der Waals surface area contributed by atoms with Crippen LogP contribution in [0.1, 0.15) is 42.8 Å². The summed E-state index contributed by atoms with van der Waals surface area (Å²) in [5.41, 5.74) is 2.68. The molecule has 2 N–H and O–H groups in total. The molecule has 1 aromatic heterocycles. The van der Waals surface area contributed by atoms with Crippen molar-refractivity contribution >= 4 is 15.7 Å². The number of hydrogen-bond acceptors (Lipinski definition) is 4. The van der Waals surface area contributed by atoms with Crippen LogP contribution in [0.25, 0.3) is 0 Å². The first kappa shape index (κ1) is 16.6. The molecule has 0 radical (unpaired) electrons. The lowest BCUT2D eigenvalue weighted by Crippen LogP contribution is -2.22. The van der Waals surface area contributed by atoms with Crippen LogP contribution in [0.5, 0.6) is 0 Å². The number of furan rings is 1. The lowest BCUT2D eigenvalue weighted by molar-refractivity contribution is 0.400. The number of aryl methyl sites for hydroxylation is 1. The van der Waals surface area contributed by atoms with Crippen molar-refractivity contribution in [1.82, 2.24) is 5.32 Å². The van der Waals surface area contributed by atoms with E-state index in [2.05, 4.69) is 10.0 Å². The van der Waals surface area contributed by atoms with Crippen LogP contribution in [0.2, 0.25) is 0 Å². The van der Waals surface area contributed by atoms with Gasteiger partial charge in [0, 0.05) is 11.7 Å². The molecular formula is C16H22N2O3S. The molecule has 0 bridgehead atoms. The minimum absolute atomic E-state index is 0.0563. The molecule has 22 heavy (non-hydrogen) atoms. The zero-order valence-corrected chi connectivity index (χ0v) is 14.1. The van der Waals surface area contributed by atoms with Gasteiger partial charge in [0.15, 0.2) is 0 Å². The lowest BCUT2D eigenvalue weighted by atomic mass is 10.1. The van der Waals surface area contributed by atoms with Gasteiger partial charge in [-0.05, 0) is 50.1 Å². The van der Waals surface area contributed by atoms with E-state index in [1.807, 2.05) is 45.0 Å². The molecule has 120 valence electrons. The van der Waals surface area contributed by atoms with Crippen molar-refractivity contribution in [1.29, 1.82) is 0 Å². The van der Waals surface area contributed by atoms with E-state index in [1.165, 1.54) is 0 Å². The SMILES string of the molecule is Cc1ccoc1C(C)NC(C)c1cccc(NS(C)(=O)=O)c1. The molecule has 0 saturated heterocycles. The van der Waals surface area contributed by atoms with Crippen LogP contribution in [-0.2, 0) is 10.0 Å². The standard InChI is InChI=1S/C16H22N2O3S/c1-11-8-9-21-16(11)13(3)17-12(2)14-6-5-7-15(10-14)18-22(4,19)20/h5-10,12-13,17-18H,1-4H3. The van der Waals surface area contributed by atoms with Crippen molar-refractivity contribution in [2.24, 2.45) is 0 Å². The minimum atomic E-state index is -3.27. The fourth-order valence-corrected chi connectivity index (χ4v) is 3.02. The van der Waals surface area contributed by atoms with Crippen LogP contribution < -0.4 is 10.0 Å². The summed E-state index contributed by atoms with van der Waals surface area (Å²) in [6.07, 6.45) is 2.83. The second-order valence-corrected chi connectivity index (χ2v) is 7.33. The maximum atomic E-state index is 11.3. The molecular weight excluding hydrogens is 300 g/mol. The molecule has 0 spiro atoms. The second kappa shape index (κ2) is 6.54. The normalized spacial score (nSPS) is 14.5. The molecule has 0 aliphatic carbocycles. The number of benzene rings is 1. The molecule has 2 rings (SSSR count). The summed E-state index contributed by atoms with van der Waals surface area (Å²) in [6, 6.07) is 9.43. The Kier molecular flexibility index (Phi) is 4.93. The summed E-state index contributed by atoms with van der Waals surface area (Å²) in [7, 11) is -3.27. The van der Waals surface area contributed by atoms with Crippen LogP contribution in [0.3, 0.4) is 0 Å². The molecule has 0 saturated carbocycles. The third kappa shape index (κ3) is 4.35. The topological polar surface area (TPSA) is 71.3 Å². The van der Waals surface area contributed by atoms with Gasteiger partial charge in [-0.15, -0.1) is 0 Å². The summed E-state index contributed by atoms with van der Waals surface area (Å²) >= 11 is 0. The van der Waals surface area contributed by atoms with Crippen LogP contribution in [0.15, 0.2) is 41.0 Å². The summed E-state index contributed by atoms with van der Waals surface area (Å²) in [4.78, 5) is 0. The Bertz CT molecular complexity index is 737. The Morgan fingerprint density at radius 3 is 2.45 bits per heavy atom. The van der Waals surface area contributed by atoms with Crippen molar-refractivity contribution in [2.45, 2.75) is 32.9 Å². The Balaban J connectivity index is 2.11. The van der Waals surface area contributed by atoms with E-state index in [4.69, 9.17) is 4.42 Å². The van der Waals surface area contributed by atoms with Crippen molar-refractivity contribution in [2.75, 3.05) is 11.0 Å². The lowest BCUT2D eigenvalue weighted by Gasteiger charge is -2.20. The van der Waals surface area contributed by atoms with Crippen LogP contribution in [0.4, 0.5) is 5.69 Å². The molecule has 6 heteroatoms. The second-order valence-electron chi connectivity index (χ2n) is 5.58. The highest BCUT2D eigenvalue weighted by Gasteiger charge is 2.16. The van der Waals surface area contributed by atoms with Gasteiger partial charge in [0.05, 0.1) is 18.6 Å². The third-order valence-electron chi connectivity index (χ3n) is 3.48. The molecule has 1 heterocycles. The first-order chi connectivity index (χ1) is 10.3. The van der Waals surface area contributed by atoms with E-state index < -0.39 is 10.0 Å². The Morgan fingerprint density at radius 2 is 1.86 bits per heavy atom. The summed E-state index contributed by atoms with van der Waals surface area (Å²) in [6.45, 7) is 6.09. The van der Waals surface area contributed by atoms with Crippen LogP contribution >= 0.6 is 0 Å². The molecule has 2 atom stereocenters. The summed E-state index contributed by atoms with van der Waals surface area (Å²) < 4.78 is 30.6. The average molecular weight is 322 g/mol. The maximum absolute atomic E-state index is 11.3. The number of rotatable bonds is 6. The molecule has 0 amide bonds. The van der Waals surface area contributed by atoms with E-state index in [1.54, 1.807) is 12.3 Å². The molecule has 0 fully saturated rings. The average Bonchev–Trinajstić information content (AvgIpc) is 2.83. The summed E-state index contributed by atoms with van der Waals surface area (Å²) in [5, 5.41) is 3.46. The zero-order chi connectivity index (χ0) is 16.3. The largest absolute Gasteiger partial charge is 0.467 e. The smallest absolute Gasteiger partial charge is 0.229 e. The van der Waals surface area contributed by atoms with Gasteiger partial charge in [-0.2, -0.15) is 0 Å². The number of anilines is 1. The van der Waals surface area contributed by atoms with E-state index in [0.29, 0.717) is 5.69 Å². The maximum Gasteiger partial charge on any atom is 0.229 e. The van der Waals surface area contributed by atoms with E-state index in [0.717, 1.165) is 23.1 Å². The van der Waals surface area contributed by atoms with E-state index in [9.17, 15) is 8.42 Å². The van der Waals surface area contributed by atoms with Gasteiger partial charge < -0.3 is 9.73 Å². The summed E-state index contributed by atoms with van der Waals surface area (Å²) in [5.74, 6) is 0.914. The molecule has 0 aliphatic rings. The number of hydrogen-bond donors (Lipinski definition) is 2. The minimum Gasteiger partial charge on any atom is -0.467 e. The highest BCUT2D eigenvalue weighted by atomic mass is 32.2. The number of nitrogens with one attached hydrogen (secondary N) is 2. The van der Waals surface area contributed by atoms with E-state index >= 15 is 0 Å². The Morgan fingerprint density at radius 1 is 1.14 bits per heavy atom. The van der Waals surface area contributed by atoms with Crippen molar-refractivity contribution in [3.05, 3.63) is 53.5 Å². The molecule has 0 aliphatic heterocycles. The first-order valence-corrected chi connectivity index (χ1v) is 9.03.